The first-order valence-corrected chi connectivity index (χ1v) is 5.95. The Labute approximate surface area is 107 Å². The molecule has 0 bridgehead atoms. The topological polar surface area (TPSA) is 51.6 Å². The highest BCUT2D eigenvalue weighted by Gasteiger charge is 2.12. The minimum atomic E-state index is 0.582. The van der Waals surface area contributed by atoms with Crippen LogP contribution in [0, 0.1) is 0 Å². The van der Waals surface area contributed by atoms with Crippen molar-refractivity contribution in [2.45, 2.75) is 6.54 Å². The Morgan fingerprint density at radius 2 is 2.06 bits per heavy atom. The lowest BCUT2D eigenvalue weighted by molar-refractivity contribution is 0.413. The summed E-state index contributed by atoms with van der Waals surface area (Å²) in [6.45, 7) is 2.02. The van der Waals surface area contributed by atoms with Gasteiger partial charge in [0.15, 0.2) is 0 Å². The van der Waals surface area contributed by atoms with Gasteiger partial charge in [-0.2, -0.15) is 0 Å². The van der Waals surface area contributed by atoms with Gasteiger partial charge in [0.25, 0.3) is 0 Å². The molecule has 4 nitrogen and oxygen atoms in total. The third-order valence-corrected chi connectivity index (χ3v) is 2.75. The molecule has 2 aromatic rings. The van der Waals surface area contributed by atoms with E-state index in [0.29, 0.717) is 13.1 Å². The molecule has 96 valence electrons. The lowest BCUT2D eigenvalue weighted by Gasteiger charge is -2.24. The second-order valence-electron chi connectivity index (χ2n) is 3.96. The molecule has 0 unspecified atom stereocenters. The van der Waals surface area contributed by atoms with E-state index in [4.69, 9.17) is 14.9 Å². The van der Waals surface area contributed by atoms with Crippen LogP contribution in [0.2, 0.25) is 0 Å². The van der Waals surface area contributed by atoms with Crippen molar-refractivity contribution in [3.05, 3.63) is 48.4 Å². The van der Waals surface area contributed by atoms with E-state index in [9.17, 15) is 0 Å². The minimum Gasteiger partial charge on any atom is -0.495 e. The summed E-state index contributed by atoms with van der Waals surface area (Å²) in [5, 5.41) is 0. The fourth-order valence-corrected chi connectivity index (χ4v) is 1.92. The summed E-state index contributed by atoms with van der Waals surface area (Å²) in [5.74, 6) is 1.76. The smallest absolute Gasteiger partial charge is 0.142 e. The zero-order chi connectivity index (χ0) is 12.8. The Kier molecular flexibility index (Phi) is 4.25. The first-order valence-electron chi connectivity index (χ1n) is 5.95. The Bertz CT molecular complexity index is 468. The number of para-hydroxylation sites is 2. The van der Waals surface area contributed by atoms with Crippen molar-refractivity contribution < 1.29 is 9.15 Å². The lowest BCUT2D eigenvalue weighted by atomic mass is 10.2. The maximum absolute atomic E-state index is 5.67. The van der Waals surface area contributed by atoms with Crippen molar-refractivity contribution >= 4 is 5.69 Å². The number of hydrogen-bond donors (Lipinski definition) is 1. The van der Waals surface area contributed by atoms with E-state index < -0.39 is 0 Å². The number of nitrogens with two attached hydrogens (primary N) is 1. The van der Waals surface area contributed by atoms with Gasteiger partial charge >= 0.3 is 0 Å². The normalized spacial score (nSPS) is 10.3. The van der Waals surface area contributed by atoms with Gasteiger partial charge in [-0.1, -0.05) is 12.1 Å². The zero-order valence-electron chi connectivity index (χ0n) is 10.5. The fraction of sp³-hybridized carbons (Fsp3) is 0.286. The van der Waals surface area contributed by atoms with Crippen molar-refractivity contribution in [2.24, 2.45) is 5.73 Å². The molecule has 0 fully saturated rings. The molecule has 0 aliphatic rings. The average Bonchev–Trinajstić information content (AvgIpc) is 2.91. The molecular formula is C14H18N2O2. The van der Waals surface area contributed by atoms with E-state index in [2.05, 4.69) is 4.90 Å². The lowest BCUT2D eigenvalue weighted by Crippen LogP contribution is -2.29. The Balaban J connectivity index is 2.23. The molecular weight excluding hydrogens is 228 g/mol. The molecule has 2 rings (SSSR count). The summed E-state index contributed by atoms with van der Waals surface area (Å²) in [7, 11) is 1.67. The highest BCUT2D eigenvalue weighted by atomic mass is 16.5. The number of furan rings is 1. The first-order chi connectivity index (χ1) is 8.85. The van der Waals surface area contributed by atoms with E-state index >= 15 is 0 Å². The van der Waals surface area contributed by atoms with Gasteiger partial charge in [-0.05, 0) is 24.3 Å². The van der Waals surface area contributed by atoms with Crippen LogP contribution >= 0.6 is 0 Å². The predicted octanol–water partition coefficient (Wildman–Crippen LogP) is 2.25. The van der Waals surface area contributed by atoms with Gasteiger partial charge in [-0.15, -0.1) is 0 Å². The molecule has 2 N–H and O–H groups in total. The predicted molar refractivity (Wildman–Crippen MR) is 71.8 cm³/mol. The number of methoxy groups -OCH3 is 1. The standard InChI is InChI=1S/C14H18N2O2/c1-17-14-7-3-2-6-13(14)16(9-8-15)11-12-5-4-10-18-12/h2-7,10H,8-9,11,15H2,1H3. The van der Waals surface area contributed by atoms with Gasteiger partial charge in [0.2, 0.25) is 0 Å². The van der Waals surface area contributed by atoms with Crippen LogP contribution in [0.1, 0.15) is 5.76 Å². The van der Waals surface area contributed by atoms with Crippen molar-refractivity contribution in [2.75, 3.05) is 25.1 Å². The molecule has 4 heteroatoms. The summed E-state index contributed by atoms with van der Waals surface area (Å²) in [6.07, 6.45) is 1.68. The summed E-state index contributed by atoms with van der Waals surface area (Å²) in [5.41, 5.74) is 6.70. The van der Waals surface area contributed by atoms with Gasteiger partial charge in [0.1, 0.15) is 11.5 Å². The molecule has 1 aromatic carbocycles. The number of nitrogens with zero attached hydrogens (tertiary/aromatic N) is 1. The molecule has 1 heterocycles. The number of ether oxygens (including phenoxy) is 1. The van der Waals surface area contributed by atoms with E-state index in [1.165, 1.54) is 0 Å². The Hall–Kier alpha value is -1.94. The second-order valence-corrected chi connectivity index (χ2v) is 3.96. The SMILES string of the molecule is COc1ccccc1N(CCN)Cc1ccco1. The summed E-state index contributed by atoms with van der Waals surface area (Å²) < 4.78 is 10.8. The molecule has 0 spiro atoms. The van der Waals surface area contributed by atoms with Crippen LogP contribution in [0.4, 0.5) is 5.69 Å². The molecule has 0 radical (unpaired) electrons. The van der Waals surface area contributed by atoms with E-state index in [0.717, 1.165) is 23.7 Å². The van der Waals surface area contributed by atoms with Crippen molar-refractivity contribution in [3.8, 4) is 5.75 Å². The largest absolute Gasteiger partial charge is 0.495 e. The van der Waals surface area contributed by atoms with Gasteiger partial charge in [0.05, 0.1) is 25.6 Å². The molecule has 0 amide bonds. The van der Waals surface area contributed by atoms with E-state index in [-0.39, 0.29) is 0 Å². The first kappa shape index (κ1) is 12.5. The molecule has 0 aliphatic heterocycles. The van der Waals surface area contributed by atoms with Crippen LogP contribution in [-0.2, 0) is 6.54 Å². The number of anilines is 1. The van der Waals surface area contributed by atoms with Crippen molar-refractivity contribution in [1.29, 1.82) is 0 Å². The van der Waals surface area contributed by atoms with Gasteiger partial charge in [-0.3, -0.25) is 0 Å². The van der Waals surface area contributed by atoms with Crippen molar-refractivity contribution in [3.63, 3.8) is 0 Å². The highest BCUT2D eigenvalue weighted by Crippen LogP contribution is 2.28. The Morgan fingerprint density at radius 1 is 1.22 bits per heavy atom. The molecule has 1 aromatic heterocycles. The quantitative estimate of drug-likeness (QED) is 0.849. The molecule has 0 saturated carbocycles. The fourth-order valence-electron chi connectivity index (χ4n) is 1.92. The van der Waals surface area contributed by atoms with Crippen LogP contribution in [0.3, 0.4) is 0 Å². The summed E-state index contributed by atoms with van der Waals surface area (Å²) in [4.78, 5) is 2.15. The van der Waals surface area contributed by atoms with Crippen LogP contribution < -0.4 is 15.4 Å². The maximum atomic E-state index is 5.67. The maximum Gasteiger partial charge on any atom is 0.142 e. The van der Waals surface area contributed by atoms with Gasteiger partial charge in [-0.25, -0.2) is 0 Å². The molecule has 0 aliphatic carbocycles. The molecule has 0 saturated heterocycles. The van der Waals surface area contributed by atoms with Gasteiger partial charge in [0, 0.05) is 13.1 Å². The van der Waals surface area contributed by atoms with Crippen LogP contribution in [0.5, 0.6) is 5.75 Å². The van der Waals surface area contributed by atoms with Gasteiger partial charge < -0.3 is 19.8 Å². The third kappa shape index (κ3) is 2.84. The second kappa shape index (κ2) is 6.12. The number of rotatable bonds is 6. The third-order valence-electron chi connectivity index (χ3n) is 2.75. The van der Waals surface area contributed by atoms with Crippen LogP contribution in [-0.4, -0.2) is 20.2 Å². The summed E-state index contributed by atoms with van der Waals surface area (Å²) in [6, 6.07) is 11.8. The highest BCUT2D eigenvalue weighted by molar-refractivity contribution is 5.58. The minimum absolute atomic E-state index is 0.582. The van der Waals surface area contributed by atoms with E-state index in [1.54, 1.807) is 13.4 Å². The zero-order valence-corrected chi connectivity index (χ0v) is 10.5. The monoisotopic (exact) mass is 246 g/mol. The van der Waals surface area contributed by atoms with Crippen LogP contribution in [0.15, 0.2) is 47.1 Å². The Morgan fingerprint density at radius 3 is 2.72 bits per heavy atom. The van der Waals surface area contributed by atoms with Crippen molar-refractivity contribution in [1.82, 2.24) is 0 Å². The molecule has 0 atom stereocenters. The van der Waals surface area contributed by atoms with E-state index in [1.807, 2.05) is 36.4 Å². The number of hydrogen-bond acceptors (Lipinski definition) is 4. The molecule has 18 heavy (non-hydrogen) atoms. The number of benzene rings is 1. The van der Waals surface area contributed by atoms with Crippen LogP contribution in [0.25, 0.3) is 0 Å². The summed E-state index contributed by atoms with van der Waals surface area (Å²) >= 11 is 0. The average molecular weight is 246 g/mol.